The summed E-state index contributed by atoms with van der Waals surface area (Å²) in [5, 5.41) is 2.88. The third-order valence-electron chi connectivity index (χ3n) is 3.31. The second-order valence-corrected chi connectivity index (χ2v) is 4.92. The summed E-state index contributed by atoms with van der Waals surface area (Å²) in [5.41, 5.74) is 2.18. The van der Waals surface area contributed by atoms with Gasteiger partial charge in [-0.1, -0.05) is 18.2 Å². The molecule has 2 aromatic rings. The molecule has 0 saturated heterocycles. The molecule has 1 amide bonds. The molecule has 2 aromatic carbocycles. The van der Waals surface area contributed by atoms with Crippen LogP contribution >= 0.6 is 0 Å². The maximum atomic E-state index is 12.5. The van der Waals surface area contributed by atoms with Crippen molar-refractivity contribution in [3.05, 3.63) is 53.6 Å². The predicted molar refractivity (Wildman–Crippen MR) is 82.5 cm³/mol. The van der Waals surface area contributed by atoms with Crippen LogP contribution in [-0.4, -0.2) is 26.2 Å². The number of hydrogen-bond donors (Lipinski definition) is 1. The highest BCUT2D eigenvalue weighted by Crippen LogP contribution is 2.33. The van der Waals surface area contributed by atoms with Crippen LogP contribution in [0, 0.1) is 0 Å². The fraction of sp³-hybridized carbons (Fsp3) is 0.235. The number of ether oxygens (including phenoxy) is 3. The van der Waals surface area contributed by atoms with Crippen LogP contribution in [0.5, 0.6) is 11.5 Å². The number of anilines is 1. The van der Waals surface area contributed by atoms with Crippen LogP contribution in [0.1, 0.15) is 15.9 Å². The van der Waals surface area contributed by atoms with Gasteiger partial charge in [0, 0.05) is 12.8 Å². The van der Waals surface area contributed by atoms with Gasteiger partial charge in [0.05, 0.1) is 12.2 Å². The van der Waals surface area contributed by atoms with E-state index in [1.807, 2.05) is 24.3 Å². The molecular weight excluding hydrogens is 282 g/mol. The third-order valence-corrected chi connectivity index (χ3v) is 3.31. The third kappa shape index (κ3) is 3.04. The molecule has 0 aromatic heterocycles. The van der Waals surface area contributed by atoms with Crippen molar-refractivity contribution in [3.8, 4) is 11.5 Å². The molecule has 0 radical (unpaired) electrons. The summed E-state index contributed by atoms with van der Waals surface area (Å²) in [5.74, 6) is 0.878. The van der Waals surface area contributed by atoms with Crippen LogP contribution in [0.2, 0.25) is 0 Å². The standard InChI is InChI=1S/C17H17NO4/c1-20-11-12-4-2-5-13(10-12)18-17(19)14-6-3-7-15-16(14)22-9-8-21-15/h2-7,10H,8-9,11H2,1H3,(H,18,19). The first-order valence-corrected chi connectivity index (χ1v) is 7.06. The molecule has 114 valence electrons. The van der Waals surface area contributed by atoms with E-state index in [0.29, 0.717) is 42.6 Å². The zero-order valence-corrected chi connectivity index (χ0v) is 12.3. The maximum Gasteiger partial charge on any atom is 0.259 e. The summed E-state index contributed by atoms with van der Waals surface area (Å²) >= 11 is 0. The zero-order chi connectivity index (χ0) is 15.4. The van der Waals surface area contributed by atoms with E-state index in [9.17, 15) is 4.79 Å². The number of nitrogens with one attached hydrogen (secondary N) is 1. The van der Waals surface area contributed by atoms with Gasteiger partial charge in [-0.3, -0.25) is 4.79 Å². The molecule has 1 N–H and O–H groups in total. The highest BCUT2D eigenvalue weighted by atomic mass is 16.6. The Morgan fingerprint density at radius 3 is 2.86 bits per heavy atom. The molecule has 0 aliphatic carbocycles. The van der Waals surface area contributed by atoms with Gasteiger partial charge in [-0.2, -0.15) is 0 Å². The van der Waals surface area contributed by atoms with E-state index in [0.717, 1.165) is 5.56 Å². The number of carbonyl (C=O) groups is 1. The first-order chi connectivity index (χ1) is 10.8. The largest absolute Gasteiger partial charge is 0.486 e. The van der Waals surface area contributed by atoms with Crippen LogP contribution in [0.4, 0.5) is 5.69 Å². The van der Waals surface area contributed by atoms with Crippen LogP contribution in [-0.2, 0) is 11.3 Å². The Morgan fingerprint density at radius 2 is 2.00 bits per heavy atom. The first-order valence-electron chi connectivity index (χ1n) is 7.06. The Kier molecular flexibility index (Phi) is 4.25. The fourth-order valence-corrected chi connectivity index (χ4v) is 2.36. The summed E-state index contributed by atoms with van der Waals surface area (Å²) in [6, 6.07) is 12.8. The monoisotopic (exact) mass is 299 g/mol. The maximum absolute atomic E-state index is 12.5. The minimum Gasteiger partial charge on any atom is -0.486 e. The number of methoxy groups -OCH3 is 1. The molecule has 0 bridgehead atoms. The number of hydrogen-bond acceptors (Lipinski definition) is 4. The predicted octanol–water partition coefficient (Wildman–Crippen LogP) is 2.86. The summed E-state index contributed by atoms with van der Waals surface area (Å²) in [6.45, 7) is 1.44. The van der Waals surface area contributed by atoms with E-state index in [1.54, 1.807) is 25.3 Å². The van der Waals surface area contributed by atoms with Gasteiger partial charge in [-0.25, -0.2) is 0 Å². The summed E-state index contributed by atoms with van der Waals surface area (Å²) in [4.78, 5) is 12.5. The molecule has 0 atom stereocenters. The van der Waals surface area contributed by atoms with Gasteiger partial charge in [0.2, 0.25) is 0 Å². The molecule has 0 unspecified atom stereocenters. The number of carbonyl (C=O) groups excluding carboxylic acids is 1. The van der Waals surface area contributed by atoms with Crippen molar-refractivity contribution in [3.63, 3.8) is 0 Å². The summed E-state index contributed by atoms with van der Waals surface area (Å²) < 4.78 is 16.2. The molecule has 1 aliphatic rings. The zero-order valence-electron chi connectivity index (χ0n) is 12.3. The fourth-order valence-electron chi connectivity index (χ4n) is 2.36. The van der Waals surface area contributed by atoms with E-state index in [2.05, 4.69) is 5.32 Å². The normalized spacial score (nSPS) is 12.8. The van der Waals surface area contributed by atoms with Gasteiger partial charge in [-0.15, -0.1) is 0 Å². The summed E-state index contributed by atoms with van der Waals surface area (Å²) in [6.07, 6.45) is 0. The lowest BCUT2D eigenvalue weighted by Crippen LogP contribution is -2.20. The van der Waals surface area contributed by atoms with Gasteiger partial charge < -0.3 is 19.5 Å². The Bertz CT molecular complexity index is 684. The number of para-hydroxylation sites is 1. The molecule has 0 spiro atoms. The van der Waals surface area contributed by atoms with Crippen molar-refractivity contribution in [1.82, 2.24) is 0 Å². The molecule has 1 heterocycles. The van der Waals surface area contributed by atoms with Gasteiger partial charge in [-0.05, 0) is 29.8 Å². The van der Waals surface area contributed by atoms with E-state index in [4.69, 9.17) is 14.2 Å². The smallest absolute Gasteiger partial charge is 0.259 e. The highest BCUT2D eigenvalue weighted by molar-refractivity contribution is 6.06. The number of benzene rings is 2. The van der Waals surface area contributed by atoms with Crippen LogP contribution in [0.15, 0.2) is 42.5 Å². The Morgan fingerprint density at radius 1 is 1.18 bits per heavy atom. The minimum atomic E-state index is -0.225. The van der Waals surface area contributed by atoms with E-state index < -0.39 is 0 Å². The second-order valence-electron chi connectivity index (χ2n) is 4.92. The molecule has 5 nitrogen and oxygen atoms in total. The molecule has 22 heavy (non-hydrogen) atoms. The van der Waals surface area contributed by atoms with Crippen molar-refractivity contribution < 1.29 is 19.0 Å². The molecule has 0 saturated carbocycles. The van der Waals surface area contributed by atoms with Crippen LogP contribution < -0.4 is 14.8 Å². The SMILES string of the molecule is COCc1cccc(NC(=O)c2cccc3c2OCCO3)c1. The topological polar surface area (TPSA) is 56.8 Å². The number of rotatable bonds is 4. The molecule has 3 rings (SSSR count). The average molecular weight is 299 g/mol. The average Bonchev–Trinajstić information content (AvgIpc) is 2.55. The molecule has 1 aliphatic heterocycles. The Labute approximate surface area is 128 Å². The molecular formula is C17H17NO4. The van der Waals surface area contributed by atoms with Crippen molar-refractivity contribution in [2.45, 2.75) is 6.61 Å². The second kappa shape index (κ2) is 6.49. The van der Waals surface area contributed by atoms with Crippen molar-refractivity contribution in [2.24, 2.45) is 0 Å². The number of fused-ring (bicyclic) bond motifs is 1. The van der Waals surface area contributed by atoms with Crippen molar-refractivity contribution in [1.29, 1.82) is 0 Å². The van der Waals surface area contributed by atoms with E-state index in [-0.39, 0.29) is 5.91 Å². The van der Waals surface area contributed by atoms with Gasteiger partial charge in [0.1, 0.15) is 13.2 Å². The van der Waals surface area contributed by atoms with Crippen molar-refractivity contribution >= 4 is 11.6 Å². The Balaban J connectivity index is 1.82. The Hall–Kier alpha value is -2.53. The molecule has 0 fully saturated rings. The minimum absolute atomic E-state index is 0.225. The quantitative estimate of drug-likeness (QED) is 0.943. The van der Waals surface area contributed by atoms with Crippen LogP contribution in [0.3, 0.4) is 0 Å². The summed E-state index contributed by atoms with van der Waals surface area (Å²) in [7, 11) is 1.64. The van der Waals surface area contributed by atoms with Crippen LogP contribution in [0.25, 0.3) is 0 Å². The lowest BCUT2D eigenvalue weighted by molar-refractivity contribution is 0.101. The van der Waals surface area contributed by atoms with Crippen molar-refractivity contribution in [2.75, 3.05) is 25.6 Å². The first kappa shape index (κ1) is 14.4. The lowest BCUT2D eigenvalue weighted by atomic mass is 10.1. The highest BCUT2D eigenvalue weighted by Gasteiger charge is 2.20. The van der Waals surface area contributed by atoms with Gasteiger partial charge in [0.15, 0.2) is 11.5 Å². The molecule has 5 heteroatoms. The van der Waals surface area contributed by atoms with E-state index >= 15 is 0 Å². The number of amides is 1. The van der Waals surface area contributed by atoms with Gasteiger partial charge >= 0.3 is 0 Å². The van der Waals surface area contributed by atoms with E-state index in [1.165, 1.54) is 0 Å². The van der Waals surface area contributed by atoms with Gasteiger partial charge in [0.25, 0.3) is 5.91 Å². The lowest BCUT2D eigenvalue weighted by Gasteiger charge is -2.20.